The van der Waals surface area contributed by atoms with Gasteiger partial charge >= 0.3 is 0 Å². The molecule has 1 aliphatic heterocycles. The van der Waals surface area contributed by atoms with Crippen molar-refractivity contribution in [2.75, 3.05) is 20.1 Å². The number of pyridine rings is 1. The van der Waals surface area contributed by atoms with Gasteiger partial charge in [-0.2, -0.15) is 0 Å². The minimum absolute atomic E-state index is 0.301. The number of para-hydroxylation sites is 1. The van der Waals surface area contributed by atoms with Crippen LogP contribution in [0.4, 0.5) is 0 Å². The lowest BCUT2D eigenvalue weighted by molar-refractivity contribution is -0.136. The Labute approximate surface area is 144 Å². The molecule has 1 atom stereocenters. The third kappa shape index (κ3) is 3.93. The average molecular weight is 325 g/mol. The Bertz CT molecular complexity index is 713. The second kappa shape index (κ2) is 7.31. The standard InChI is InChI=1S/C20H27N3O/c1-15(2)23-14-16(8-9-20(23)24)12-22(3)13-17-10-18-6-4-5-7-19(18)21-11-17/h4-7,10-11,15-16H,8-9,12-14H2,1-3H3. The van der Waals surface area contributed by atoms with E-state index < -0.39 is 0 Å². The van der Waals surface area contributed by atoms with Crippen molar-refractivity contribution in [3.8, 4) is 0 Å². The Morgan fingerprint density at radius 3 is 2.92 bits per heavy atom. The molecule has 0 aliphatic carbocycles. The van der Waals surface area contributed by atoms with Gasteiger partial charge < -0.3 is 9.80 Å². The second-order valence-corrected chi connectivity index (χ2v) is 7.28. The van der Waals surface area contributed by atoms with Gasteiger partial charge in [-0.05, 0) is 50.9 Å². The summed E-state index contributed by atoms with van der Waals surface area (Å²) >= 11 is 0. The zero-order valence-electron chi connectivity index (χ0n) is 14.9. The maximum atomic E-state index is 12.0. The molecule has 4 heteroatoms. The molecule has 1 amide bonds. The largest absolute Gasteiger partial charge is 0.340 e. The summed E-state index contributed by atoms with van der Waals surface area (Å²) in [6.45, 7) is 7.00. The molecule has 1 aromatic heterocycles. The topological polar surface area (TPSA) is 36.4 Å². The molecule has 0 radical (unpaired) electrons. The van der Waals surface area contributed by atoms with E-state index in [1.54, 1.807) is 0 Å². The Morgan fingerprint density at radius 1 is 1.33 bits per heavy atom. The van der Waals surface area contributed by atoms with Crippen molar-refractivity contribution in [1.82, 2.24) is 14.8 Å². The molecule has 128 valence electrons. The fourth-order valence-electron chi connectivity index (χ4n) is 3.61. The Morgan fingerprint density at radius 2 is 2.12 bits per heavy atom. The maximum Gasteiger partial charge on any atom is 0.222 e. The van der Waals surface area contributed by atoms with E-state index in [0.717, 1.165) is 31.6 Å². The molecule has 1 aromatic carbocycles. The molecule has 4 nitrogen and oxygen atoms in total. The highest BCUT2D eigenvalue weighted by molar-refractivity contribution is 5.78. The van der Waals surface area contributed by atoms with Crippen LogP contribution in [-0.4, -0.2) is 46.9 Å². The summed E-state index contributed by atoms with van der Waals surface area (Å²) in [6.07, 6.45) is 3.67. The van der Waals surface area contributed by atoms with Crippen LogP contribution in [0.15, 0.2) is 36.5 Å². The number of amides is 1. The van der Waals surface area contributed by atoms with Crippen LogP contribution in [0.3, 0.4) is 0 Å². The van der Waals surface area contributed by atoms with Crippen LogP contribution >= 0.6 is 0 Å². The van der Waals surface area contributed by atoms with Crippen molar-refractivity contribution in [2.45, 2.75) is 39.3 Å². The monoisotopic (exact) mass is 325 g/mol. The molecule has 24 heavy (non-hydrogen) atoms. The number of likely N-dealkylation sites (tertiary alicyclic amines) is 1. The van der Waals surface area contributed by atoms with Gasteiger partial charge in [0.2, 0.25) is 5.91 Å². The minimum atomic E-state index is 0.301. The Hall–Kier alpha value is -1.94. The molecule has 1 saturated heterocycles. The molecule has 0 N–H and O–H groups in total. The minimum Gasteiger partial charge on any atom is -0.340 e. The highest BCUT2D eigenvalue weighted by Crippen LogP contribution is 2.21. The van der Waals surface area contributed by atoms with E-state index in [1.165, 1.54) is 10.9 Å². The van der Waals surface area contributed by atoms with E-state index in [2.05, 4.69) is 49.0 Å². The first-order chi connectivity index (χ1) is 11.5. The smallest absolute Gasteiger partial charge is 0.222 e. The average Bonchev–Trinajstić information content (AvgIpc) is 2.56. The SMILES string of the molecule is CC(C)N1CC(CN(C)Cc2cnc3ccccc3c2)CCC1=O. The van der Waals surface area contributed by atoms with Crippen LogP contribution < -0.4 is 0 Å². The third-order valence-corrected chi connectivity index (χ3v) is 4.83. The molecule has 2 aromatic rings. The number of fused-ring (bicyclic) bond motifs is 1. The molecule has 0 bridgehead atoms. The lowest BCUT2D eigenvalue weighted by Gasteiger charge is -2.37. The molecular formula is C20H27N3O. The van der Waals surface area contributed by atoms with E-state index in [1.807, 2.05) is 23.2 Å². The molecule has 2 heterocycles. The van der Waals surface area contributed by atoms with Crippen LogP contribution in [0.1, 0.15) is 32.3 Å². The summed E-state index contributed by atoms with van der Waals surface area (Å²) in [4.78, 5) is 20.9. The van der Waals surface area contributed by atoms with E-state index in [0.29, 0.717) is 24.3 Å². The molecule has 3 rings (SSSR count). The number of hydrogen-bond donors (Lipinski definition) is 0. The Kier molecular flexibility index (Phi) is 5.14. The van der Waals surface area contributed by atoms with E-state index in [9.17, 15) is 4.79 Å². The molecule has 0 spiro atoms. The van der Waals surface area contributed by atoms with Gasteiger partial charge in [-0.3, -0.25) is 9.78 Å². The van der Waals surface area contributed by atoms with Gasteiger partial charge in [0.15, 0.2) is 0 Å². The number of benzene rings is 1. The predicted molar refractivity (Wildman–Crippen MR) is 97.7 cm³/mol. The van der Waals surface area contributed by atoms with E-state index in [-0.39, 0.29) is 0 Å². The second-order valence-electron chi connectivity index (χ2n) is 7.28. The lowest BCUT2D eigenvalue weighted by Crippen LogP contribution is -2.46. The summed E-state index contributed by atoms with van der Waals surface area (Å²) in [5.41, 5.74) is 2.28. The zero-order chi connectivity index (χ0) is 17.1. The normalized spacial score (nSPS) is 18.8. The van der Waals surface area contributed by atoms with Crippen LogP contribution in [0.2, 0.25) is 0 Å². The van der Waals surface area contributed by atoms with Crippen molar-refractivity contribution < 1.29 is 4.79 Å². The van der Waals surface area contributed by atoms with Crippen LogP contribution in [0.5, 0.6) is 0 Å². The van der Waals surface area contributed by atoms with Gasteiger partial charge in [-0.1, -0.05) is 18.2 Å². The fourth-order valence-corrected chi connectivity index (χ4v) is 3.61. The van der Waals surface area contributed by atoms with Crippen molar-refractivity contribution in [3.63, 3.8) is 0 Å². The lowest BCUT2D eigenvalue weighted by atomic mass is 9.96. The van der Waals surface area contributed by atoms with Crippen molar-refractivity contribution in [2.24, 2.45) is 5.92 Å². The molecule has 1 aliphatic rings. The maximum absolute atomic E-state index is 12.0. The van der Waals surface area contributed by atoms with E-state index >= 15 is 0 Å². The van der Waals surface area contributed by atoms with Gasteiger partial charge in [0.1, 0.15) is 0 Å². The van der Waals surface area contributed by atoms with Crippen LogP contribution in [0, 0.1) is 5.92 Å². The van der Waals surface area contributed by atoms with Gasteiger partial charge in [-0.25, -0.2) is 0 Å². The number of hydrogen-bond acceptors (Lipinski definition) is 3. The number of nitrogens with zero attached hydrogens (tertiary/aromatic N) is 3. The first-order valence-electron chi connectivity index (χ1n) is 8.84. The molecule has 1 fully saturated rings. The van der Waals surface area contributed by atoms with Crippen molar-refractivity contribution >= 4 is 16.8 Å². The summed E-state index contributed by atoms with van der Waals surface area (Å²) in [6, 6.07) is 10.8. The first-order valence-corrected chi connectivity index (χ1v) is 8.84. The first kappa shape index (κ1) is 16.9. The predicted octanol–water partition coefficient (Wildman–Crippen LogP) is 3.31. The summed E-state index contributed by atoms with van der Waals surface area (Å²) < 4.78 is 0. The van der Waals surface area contributed by atoms with Crippen molar-refractivity contribution in [3.05, 3.63) is 42.1 Å². The summed E-state index contributed by atoms with van der Waals surface area (Å²) in [7, 11) is 2.16. The van der Waals surface area contributed by atoms with Crippen LogP contribution in [-0.2, 0) is 11.3 Å². The zero-order valence-corrected chi connectivity index (χ0v) is 14.9. The fraction of sp³-hybridized carbons (Fsp3) is 0.500. The summed E-state index contributed by atoms with van der Waals surface area (Å²) in [5.74, 6) is 0.867. The number of carbonyl (C=O) groups is 1. The highest BCUT2D eigenvalue weighted by Gasteiger charge is 2.27. The van der Waals surface area contributed by atoms with E-state index in [4.69, 9.17) is 0 Å². The third-order valence-electron chi connectivity index (χ3n) is 4.83. The molecule has 1 unspecified atom stereocenters. The summed E-state index contributed by atoms with van der Waals surface area (Å²) in [5, 5.41) is 1.19. The number of aromatic nitrogens is 1. The Balaban J connectivity index is 1.60. The van der Waals surface area contributed by atoms with Gasteiger partial charge in [0, 0.05) is 43.7 Å². The number of rotatable bonds is 5. The highest BCUT2D eigenvalue weighted by atomic mass is 16.2. The van der Waals surface area contributed by atoms with Gasteiger partial charge in [-0.15, -0.1) is 0 Å². The molecule has 0 saturated carbocycles. The van der Waals surface area contributed by atoms with Gasteiger partial charge in [0.25, 0.3) is 0 Å². The van der Waals surface area contributed by atoms with Gasteiger partial charge in [0.05, 0.1) is 5.52 Å². The quantitative estimate of drug-likeness (QED) is 0.846. The molecular weight excluding hydrogens is 298 g/mol. The number of piperidine rings is 1. The van der Waals surface area contributed by atoms with Crippen LogP contribution in [0.25, 0.3) is 10.9 Å². The number of carbonyl (C=O) groups excluding carboxylic acids is 1. The van der Waals surface area contributed by atoms with Crippen molar-refractivity contribution in [1.29, 1.82) is 0 Å².